The van der Waals surface area contributed by atoms with Crippen LogP contribution in [-0.2, 0) is 9.47 Å². The van der Waals surface area contributed by atoms with E-state index in [-0.39, 0.29) is 6.04 Å². The van der Waals surface area contributed by atoms with Gasteiger partial charge < -0.3 is 15.2 Å². The Hall–Kier alpha value is -0.160. The van der Waals surface area contributed by atoms with Crippen LogP contribution in [0.3, 0.4) is 0 Å². The van der Waals surface area contributed by atoms with Gasteiger partial charge in [0.05, 0.1) is 12.7 Å². The van der Waals surface area contributed by atoms with Crippen molar-refractivity contribution >= 4 is 0 Å². The molecular formula is C13H26N2O2. The first-order chi connectivity index (χ1) is 8.29. The molecule has 0 bridgehead atoms. The monoisotopic (exact) mass is 242 g/mol. The van der Waals surface area contributed by atoms with E-state index >= 15 is 0 Å². The van der Waals surface area contributed by atoms with Gasteiger partial charge in [0.1, 0.15) is 0 Å². The highest BCUT2D eigenvalue weighted by Gasteiger charge is 2.25. The zero-order chi connectivity index (χ0) is 12.1. The Morgan fingerprint density at radius 1 is 1.35 bits per heavy atom. The standard InChI is InChI=1S/C13H26N2O2/c1-2-15(8-12-4-3-6-17-12)9-13(14)11-5-7-16-10-11/h11-13H,2-10,14H2,1H3. The Morgan fingerprint density at radius 3 is 2.82 bits per heavy atom. The zero-order valence-electron chi connectivity index (χ0n) is 10.9. The lowest BCUT2D eigenvalue weighted by molar-refractivity contribution is 0.0700. The lowest BCUT2D eigenvalue weighted by Crippen LogP contribution is -2.44. The summed E-state index contributed by atoms with van der Waals surface area (Å²) in [7, 11) is 0. The van der Waals surface area contributed by atoms with Crippen LogP contribution in [0.5, 0.6) is 0 Å². The van der Waals surface area contributed by atoms with Crippen molar-refractivity contribution in [3.05, 3.63) is 0 Å². The molecule has 3 atom stereocenters. The summed E-state index contributed by atoms with van der Waals surface area (Å²) in [5, 5.41) is 0. The second kappa shape index (κ2) is 6.69. The Balaban J connectivity index is 1.73. The highest BCUT2D eigenvalue weighted by atomic mass is 16.5. The fourth-order valence-corrected chi connectivity index (χ4v) is 2.75. The molecular weight excluding hydrogens is 216 g/mol. The molecule has 17 heavy (non-hydrogen) atoms. The molecule has 2 aliphatic rings. The van der Waals surface area contributed by atoms with E-state index in [1.165, 1.54) is 12.8 Å². The molecule has 4 nitrogen and oxygen atoms in total. The van der Waals surface area contributed by atoms with Crippen molar-refractivity contribution in [3.8, 4) is 0 Å². The van der Waals surface area contributed by atoms with Crippen LogP contribution in [0.1, 0.15) is 26.2 Å². The maximum atomic E-state index is 6.27. The number of likely N-dealkylation sites (N-methyl/N-ethyl adjacent to an activating group) is 1. The Kier molecular flexibility index (Phi) is 5.22. The minimum atomic E-state index is 0.249. The van der Waals surface area contributed by atoms with Crippen LogP contribution in [0, 0.1) is 5.92 Å². The van der Waals surface area contributed by atoms with Crippen LogP contribution in [-0.4, -0.2) is 56.5 Å². The molecule has 2 fully saturated rings. The minimum absolute atomic E-state index is 0.249. The normalized spacial score (nSPS) is 31.2. The largest absolute Gasteiger partial charge is 0.381 e. The molecule has 0 aromatic carbocycles. The third-order valence-electron chi connectivity index (χ3n) is 3.97. The third kappa shape index (κ3) is 3.91. The van der Waals surface area contributed by atoms with E-state index in [0.29, 0.717) is 12.0 Å². The molecule has 100 valence electrons. The van der Waals surface area contributed by atoms with E-state index in [9.17, 15) is 0 Å². The smallest absolute Gasteiger partial charge is 0.0702 e. The highest BCUT2D eigenvalue weighted by Crippen LogP contribution is 2.17. The summed E-state index contributed by atoms with van der Waals surface area (Å²) in [5.74, 6) is 0.550. The predicted octanol–water partition coefficient (Wildman–Crippen LogP) is 0.851. The molecule has 0 amide bonds. The molecule has 4 heteroatoms. The molecule has 3 unspecified atom stereocenters. The molecule has 0 radical (unpaired) electrons. The first kappa shape index (κ1) is 13.3. The molecule has 2 heterocycles. The fourth-order valence-electron chi connectivity index (χ4n) is 2.75. The summed E-state index contributed by atoms with van der Waals surface area (Å²) in [6.45, 7) is 7.94. The van der Waals surface area contributed by atoms with E-state index in [1.54, 1.807) is 0 Å². The Bertz CT molecular complexity index is 213. The van der Waals surface area contributed by atoms with Gasteiger partial charge in [-0.1, -0.05) is 6.92 Å². The average molecular weight is 242 g/mol. The SMILES string of the molecule is CCN(CC1CCCO1)CC(N)C1CCOC1. The maximum Gasteiger partial charge on any atom is 0.0702 e. The van der Waals surface area contributed by atoms with Gasteiger partial charge in [-0.2, -0.15) is 0 Å². The second-order valence-electron chi connectivity index (χ2n) is 5.27. The average Bonchev–Trinajstić information content (AvgIpc) is 3.00. The van der Waals surface area contributed by atoms with Gasteiger partial charge >= 0.3 is 0 Å². The topological polar surface area (TPSA) is 47.7 Å². The van der Waals surface area contributed by atoms with Crippen LogP contribution in [0.4, 0.5) is 0 Å². The maximum absolute atomic E-state index is 6.27. The van der Waals surface area contributed by atoms with Crippen LogP contribution in [0.15, 0.2) is 0 Å². The molecule has 0 aromatic heterocycles. The number of hydrogen-bond acceptors (Lipinski definition) is 4. The summed E-state index contributed by atoms with van der Waals surface area (Å²) in [6.07, 6.45) is 3.98. The molecule has 0 aliphatic carbocycles. The Labute approximate surface area is 104 Å². The van der Waals surface area contributed by atoms with Crippen LogP contribution in [0.2, 0.25) is 0 Å². The first-order valence-corrected chi connectivity index (χ1v) is 6.97. The van der Waals surface area contributed by atoms with Gasteiger partial charge in [0.25, 0.3) is 0 Å². The van der Waals surface area contributed by atoms with E-state index in [4.69, 9.17) is 15.2 Å². The van der Waals surface area contributed by atoms with E-state index in [1.807, 2.05) is 0 Å². The van der Waals surface area contributed by atoms with Gasteiger partial charge in [0.2, 0.25) is 0 Å². The summed E-state index contributed by atoms with van der Waals surface area (Å²) < 4.78 is 11.1. The molecule has 2 rings (SSSR count). The highest BCUT2D eigenvalue weighted by molar-refractivity contribution is 4.80. The van der Waals surface area contributed by atoms with E-state index < -0.39 is 0 Å². The van der Waals surface area contributed by atoms with Gasteiger partial charge in [-0.15, -0.1) is 0 Å². The molecule has 2 saturated heterocycles. The van der Waals surface area contributed by atoms with Crippen molar-refractivity contribution in [2.45, 2.75) is 38.3 Å². The molecule has 0 spiro atoms. The van der Waals surface area contributed by atoms with Crippen molar-refractivity contribution < 1.29 is 9.47 Å². The second-order valence-corrected chi connectivity index (χ2v) is 5.27. The lowest BCUT2D eigenvalue weighted by Gasteiger charge is -2.28. The van der Waals surface area contributed by atoms with Gasteiger partial charge in [0, 0.05) is 38.3 Å². The summed E-state index contributed by atoms with van der Waals surface area (Å²) in [6, 6.07) is 0.249. The fraction of sp³-hybridized carbons (Fsp3) is 1.00. The number of nitrogens with zero attached hydrogens (tertiary/aromatic N) is 1. The Morgan fingerprint density at radius 2 is 2.24 bits per heavy atom. The summed E-state index contributed by atoms with van der Waals surface area (Å²) in [5.41, 5.74) is 6.27. The van der Waals surface area contributed by atoms with Gasteiger partial charge in [-0.05, 0) is 25.8 Å². The third-order valence-corrected chi connectivity index (χ3v) is 3.97. The molecule has 0 aromatic rings. The molecule has 2 aliphatic heterocycles. The molecule has 0 saturated carbocycles. The van der Waals surface area contributed by atoms with Gasteiger partial charge in [-0.3, -0.25) is 4.90 Å². The summed E-state index contributed by atoms with van der Waals surface area (Å²) >= 11 is 0. The lowest BCUT2D eigenvalue weighted by atomic mass is 9.99. The van der Waals surface area contributed by atoms with Crippen molar-refractivity contribution in [1.82, 2.24) is 4.90 Å². The van der Waals surface area contributed by atoms with Gasteiger partial charge in [-0.25, -0.2) is 0 Å². The van der Waals surface area contributed by atoms with E-state index in [2.05, 4.69) is 11.8 Å². The minimum Gasteiger partial charge on any atom is -0.381 e. The van der Waals surface area contributed by atoms with Crippen LogP contribution >= 0.6 is 0 Å². The van der Waals surface area contributed by atoms with Gasteiger partial charge in [0.15, 0.2) is 0 Å². The number of ether oxygens (including phenoxy) is 2. The van der Waals surface area contributed by atoms with Crippen LogP contribution < -0.4 is 5.73 Å². The van der Waals surface area contributed by atoms with Crippen molar-refractivity contribution in [2.24, 2.45) is 11.7 Å². The number of hydrogen-bond donors (Lipinski definition) is 1. The predicted molar refractivity (Wildman–Crippen MR) is 68.0 cm³/mol. The number of rotatable bonds is 6. The quantitative estimate of drug-likeness (QED) is 0.750. The molecule has 2 N–H and O–H groups in total. The zero-order valence-corrected chi connectivity index (χ0v) is 10.9. The number of nitrogens with two attached hydrogens (primary N) is 1. The summed E-state index contributed by atoms with van der Waals surface area (Å²) in [4.78, 5) is 2.43. The van der Waals surface area contributed by atoms with E-state index in [0.717, 1.165) is 45.9 Å². The van der Waals surface area contributed by atoms with Crippen molar-refractivity contribution in [3.63, 3.8) is 0 Å². The van der Waals surface area contributed by atoms with Crippen molar-refractivity contribution in [2.75, 3.05) is 39.5 Å². The first-order valence-electron chi connectivity index (χ1n) is 6.97. The van der Waals surface area contributed by atoms with Crippen LogP contribution in [0.25, 0.3) is 0 Å². The van der Waals surface area contributed by atoms with Crippen molar-refractivity contribution in [1.29, 1.82) is 0 Å².